The summed E-state index contributed by atoms with van der Waals surface area (Å²) in [6.07, 6.45) is 4.76. The van der Waals surface area contributed by atoms with Crippen molar-refractivity contribution in [1.82, 2.24) is 10.3 Å². The van der Waals surface area contributed by atoms with E-state index in [1.54, 1.807) is 12.3 Å². The molecule has 1 saturated carbocycles. The summed E-state index contributed by atoms with van der Waals surface area (Å²) in [5, 5.41) is 3.06. The highest BCUT2D eigenvalue weighted by atomic mass is 79.9. The highest BCUT2D eigenvalue weighted by Gasteiger charge is 2.32. The Bertz CT molecular complexity index is 490. The number of anilines is 1. The maximum absolute atomic E-state index is 12.3. The Morgan fingerprint density at radius 2 is 2.32 bits per heavy atom. The van der Waals surface area contributed by atoms with Crippen LogP contribution in [-0.4, -0.2) is 16.9 Å². The van der Waals surface area contributed by atoms with Gasteiger partial charge in [-0.1, -0.05) is 13.8 Å². The molecule has 6 heteroatoms. The van der Waals surface area contributed by atoms with E-state index in [0.29, 0.717) is 16.8 Å². The number of halogens is 1. The fraction of sp³-hybridized carbons (Fsp3) is 0.538. The van der Waals surface area contributed by atoms with Gasteiger partial charge in [0.15, 0.2) is 5.82 Å². The van der Waals surface area contributed by atoms with Crippen LogP contribution in [0.2, 0.25) is 0 Å². The van der Waals surface area contributed by atoms with E-state index in [0.717, 1.165) is 23.7 Å². The summed E-state index contributed by atoms with van der Waals surface area (Å²) in [5.41, 5.74) is 3.22. The van der Waals surface area contributed by atoms with Gasteiger partial charge >= 0.3 is 0 Å². The lowest BCUT2D eigenvalue weighted by Crippen LogP contribution is -2.34. The predicted octanol–water partition coefficient (Wildman–Crippen LogP) is 2.44. The molecule has 104 valence electrons. The molecule has 0 aromatic carbocycles. The third-order valence-corrected chi connectivity index (χ3v) is 3.97. The van der Waals surface area contributed by atoms with Gasteiger partial charge in [-0.25, -0.2) is 10.8 Å². The molecular formula is C13H19BrN4O. The Balaban J connectivity index is 2.10. The van der Waals surface area contributed by atoms with Crippen LogP contribution in [0.5, 0.6) is 0 Å². The van der Waals surface area contributed by atoms with Crippen molar-refractivity contribution in [3.8, 4) is 0 Å². The van der Waals surface area contributed by atoms with Gasteiger partial charge in [0.25, 0.3) is 5.91 Å². The van der Waals surface area contributed by atoms with Crippen LogP contribution in [0.15, 0.2) is 16.7 Å². The standard InChI is InChI=1S/C13H19BrN4O/c1-13(2)4-3-9(6-13)17-12(19)10-5-8(14)7-16-11(10)18-15/h5,7,9H,3-4,6,15H2,1-2H3,(H,16,18)(H,17,19). The largest absolute Gasteiger partial charge is 0.349 e. The molecule has 0 bridgehead atoms. The van der Waals surface area contributed by atoms with Gasteiger partial charge in [-0.3, -0.25) is 4.79 Å². The van der Waals surface area contributed by atoms with Crippen LogP contribution in [0.25, 0.3) is 0 Å². The maximum atomic E-state index is 12.3. The molecule has 1 aliphatic carbocycles. The van der Waals surface area contributed by atoms with Crippen LogP contribution in [-0.2, 0) is 0 Å². The molecule has 1 amide bonds. The summed E-state index contributed by atoms with van der Waals surface area (Å²) in [6.45, 7) is 4.46. The average molecular weight is 327 g/mol. The lowest BCUT2D eigenvalue weighted by atomic mass is 9.92. The minimum absolute atomic E-state index is 0.135. The summed E-state index contributed by atoms with van der Waals surface area (Å²) >= 11 is 3.31. The molecule has 0 spiro atoms. The van der Waals surface area contributed by atoms with Crippen LogP contribution in [0, 0.1) is 5.41 Å². The van der Waals surface area contributed by atoms with E-state index in [2.05, 4.69) is 45.5 Å². The molecular weight excluding hydrogens is 308 g/mol. The van der Waals surface area contributed by atoms with Crippen LogP contribution < -0.4 is 16.6 Å². The second-order valence-electron chi connectivity index (χ2n) is 5.77. The van der Waals surface area contributed by atoms with Crippen molar-refractivity contribution in [2.75, 3.05) is 5.43 Å². The smallest absolute Gasteiger partial charge is 0.255 e. The monoisotopic (exact) mass is 326 g/mol. The number of nitrogens with zero attached hydrogens (tertiary/aromatic N) is 1. The first-order valence-corrected chi connectivity index (χ1v) is 7.13. The van der Waals surface area contributed by atoms with E-state index >= 15 is 0 Å². The van der Waals surface area contributed by atoms with Gasteiger partial charge in [0.05, 0.1) is 5.56 Å². The Kier molecular flexibility index (Phi) is 4.10. The van der Waals surface area contributed by atoms with Gasteiger partial charge in [-0.15, -0.1) is 0 Å². The van der Waals surface area contributed by atoms with Crippen LogP contribution in [0.4, 0.5) is 5.82 Å². The number of pyridine rings is 1. The Hall–Kier alpha value is -1.14. The van der Waals surface area contributed by atoms with Gasteiger partial charge in [0.2, 0.25) is 0 Å². The van der Waals surface area contributed by atoms with Gasteiger partial charge in [0.1, 0.15) is 0 Å². The van der Waals surface area contributed by atoms with Gasteiger partial charge in [0, 0.05) is 16.7 Å². The zero-order chi connectivity index (χ0) is 14.0. The Morgan fingerprint density at radius 3 is 2.89 bits per heavy atom. The number of nitrogens with one attached hydrogen (secondary N) is 2. The van der Waals surface area contributed by atoms with Gasteiger partial charge in [-0.05, 0) is 46.7 Å². The highest BCUT2D eigenvalue weighted by molar-refractivity contribution is 9.10. The van der Waals surface area contributed by atoms with Crippen LogP contribution in [0.3, 0.4) is 0 Å². The van der Waals surface area contributed by atoms with Crippen LogP contribution in [0.1, 0.15) is 43.5 Å². The zero-order valence-electron chi connectivity index (χ0n) is 11.2. The zero-order valence-corrected chi connectivity index (χ0v) is 12.8. The number of amides is 1. The van der Waals surface area contributed by atoms with Gasteiger partial charge < -0.3 is 10.7 Å². The molecule has 1 aromatic rings. The highest BCUT2D eigenvalue weighted by Crippen LogP contribution is 2.37. The lowest BCUT2D eigenvalue weighted by Gasteiger charge is -2.18. The number of nitrogens with two attached hydrogens (primary N) is 1. The number of aromatic nitrogens is 1. The van der Waals surface area contributed by atoms with Crippen molar-refractivity contribution in [2.45, 2.75) is 39.2 Å². The molecule has 1 unspecified atom stereocenters. The van der Waals surface area contributed by atoms with Crippen molar-refractivity contribution < 1.29 is 4.79 Å². The molecule has 5 nitrogen and oxygen atoms in total. The van der Waals surface area contributed by atoms with E-state index in [1.165, 1.54) is 0 Å². The molecule has 0 aliphatic heterocycles. The molecule has 1 atom stereocenters. The number of nitrogen functional groups attached to an aromatic ring is 1. The number of hydrogen-bond donors (Lipinski definition) is 3. The molecule has 0 saturated heterocycles. The minimum Gasteiger partial charge on any atom is -0.349 e. The molecule has 2 rings (SSSR count). The maximum Gasteiger partial charge on any atom is 0.255 e. The van der Waals surface area contributed by atoms with E-state index < -0.39 is 0 Å². The summed E-state index contributed by atoms with van der Waals surface area (Å²) in [4.78, 5) is 16.4. The number of carbonyl (C=O) groups is 1. The first-order valence-electron chi connectivity index (χ1n) is 6.34. The van der Waals surface area contributed by atoms with Crippen molar-refractivity contribution >= 4 is 27.7 Å². The molecule has 4 N–H and O–H groups in total. The van der Waals surface area contributed by atoms with E-state index in [4.69, 9.17) is 5.84 Å². The number of rotatable bonds is 3. The summed E-state index contributed by atoms with van der Waals surface area (Å²) in [5.74, 6) is 5.63. The molecule has 1 fully saturated rings. The molecule has 1 aliphatic rings. The third kappa shape index (κ3) is 3.45. The fourth-order valence-corrected chi connectivity index (χ4v) is 2.88. The number of hydrazine groups is 1. The first kappa shape index (κ1) is 14.3. The lowest BCUT2D eigenvalue weighted by molar-refractivity contribution is 0.0936. The van der Waals surface area contributed by atoms with E-state index in [-0.39, 0.29) is 11.9 Å². The van der Waals surface area contributed by atoms with Crippen molar-refractivity contribution in [3.05, 3.63) is 22.3 Å². The summed E-state index contributed by atoms with van der Waals surface area (Å²) in [6, 6.07) is 1.95. The van der Waals surface area contributed by atoms with Crippen molar-refractivity contribution in [3.63, 3.8) is 0 Å². The molecule has 19 heavy (non-hydrogen) atoms. The predicted molar refractivity (Wildman–Crippen MR) is 78.6 cm³/mol. The third-order valence-electron chi connectivity index (χ3n) is 3.54. The van der Waals surface area contributed by atoms with E-state index in [1.807, 2.05) is 0 Å². The number of hydrogen-bond acceptors (Lipinski definition) is 4. The summed E-state index contributed by atoms with van der Waals surface area (Å²) in [7, 11) is 0. The first-order chi connectivity index (χ1) is 8.91. The van der Waals surface area contributed by atoms with E-state index in [9.17, 15) is 4.79 Å². The molecule has 0 radical (unpaired) electrons. The Morgan fingerprint density at radius 1 is 1.58 bits per heavy atom. The molecule has 1 aromatic heterocycles. The Labute approximate surface area is 121 Å². The average Bonchev–Trinajstić information content (AvgIpc) is 2.68. The molecule has 1 heterocycles. The summed E-state index contributed by atoms with van der Waals surface area (Å²) < 4.78 is 0.753. The van der Waals surface area contributed by atoms with Crippen molar-refractivity contribution in [1.29, 1.82) is 0 Å². The normalized spacial score (nSPS) is 21.2. The topological polar surface area (TPSA) is 80.0 Å². The SMILES string of the molecule is CC1(C)CCC(NC(=O)c2cc(Br)cnc2NN)C1. The number of carbonyl (C=O) groups excluding carboxylic acids is 1. The minimum atomic E-state index is -0.135. The van der Waals surface area contributed by atoms with Crippen LogP contribution >= 0.6 is 15.9 Å². The van der Waals surface area contributed by atoms with Gasteiger partial charge in [-0.2, -0.15) is 0 Å². The second-order valence-corrected chi connectivity index (χ2v) is 6.69. The quantitative estimate of drug-likeness (QED) is 0.588. The fourth-order valence-electron chi connectivity index (χ4n) is 2.55. The van der Waals surface area contributed by atoms with Crippen molar-refractivity contribution in [2.24, 2.45) is 11.3 Å². The second kappa shape index (κ2) is 5.46.